The Kier molecular flexibility index (Phi) is 3.66. The number of benzene rings is 2. The molecule has 0 aliphatic rings. The molecule has 2 N–H and O–H groups in total. The van der Waals surface area contributed by atoms with Gasteiger partial charge in [0.15, 0.2) is 0 Å². The Morgan fingerprint density at radius 3 is 2.57 bits per heavy atom. The van der Waals surface area contributed by atoms with Crippen molar-refractivity contribution >= 4 is 34.2 Å². The lowest BCUT2D eigenvalue weighted by Gasteiger charge is -2.11. The van der Waals surface area contributed by atoms with Crippen LogP contribution >= 0.6 is 23.2 Å². The Labute approximate surface area is 131 Å². The molecule has 5 heteroatoms. The molecule has 1 heterocycles. The summed E-state index contributed by atoms with van der Waals surface area (Å²) in [6, 6.07) is 9.15. The summed E-state index contributed by atoms with van der Waals surface area (Å²) < 4.78 is 19.0. The summed E-state index contributed by atoms with van der Waals surface area (Å²) >= 11 is 11.9. The molecule has 1 atom stereocenters. The third-order valence-electron chi connectivity index (χ3n) is 3.52. The molecule has 0 aliphatic carbocycles. The van der Waals surface area contributed by atoms with E-state index in [1.807, 2.05) is 6.92 Å². The number of halogens is 3. The molecule has 108 valence electrons. The van der Waals surface area contributed by atoms with E-state index < -0.39 is 6.04 Å². The minimum absolute atomic E-state index is 0.342. The fourth-order valence-corrected chi connectivity index (χ4v) is 2.68. The number of hydrogen-bond acceptors (Lipinski definition) is 2. The molecule has 1 aromatic heterocycles. The highest BCUT2D eigenvalue weighted by Gasteiger charge is 2.19. The molecule has 0 fully saturated rings. The van der Waals surface area contributed by atoms with Gasteiger partial charge in [-0.05, 0) is 36.8 Å². The minimum atomic E-state index is -0.491. The van der Waals surface area contributed by atoms with Gasteiger partial charge in [-0.25, -0.2) is 4.39 Å². The van der Waals surface area contributed by atoms with Crippen molar-refractivity contribution < 1.29 is 8.81 Å². The van der Waals surface area contributed by atoms with E-state index in [2.05, 4.69) is 0 Å². The van der Waals surface area contributed by atoms with Crippen molar-refractivity contribution in [3.8, 4) is 0 Å². The van der Waals surface area contributed by atoms with Gasteiger partial charge in [0.1, 0.15) is 17.2 Å². The van der Waals surface area contributed by atoms with Crippen LogP contribution in [0.2, 0.25) is 10.0 Å². The molecule has 2 nitrogen and oxygen atoms in total. The molecule has 3 aromatic rings. The highest BCUT2D eigenvalue weighted by atomic mass is 35.5. The normalized spacial score (nSPS) is 12.8. The molecular weight excluding hydrogens is 312 g/mol. The molecule has 1 unspecified atom stereocenters. The van der Waals surface area contributed by atoms with Crippen LogP contribution in [0.1, 0.15) is 22.9 Å². The molecule has 0 saturated heterocycles. The van der Waals surface area contributed by atoms with Crippen molar-refractivity contribution in [1.82, 2.24) is 0 Å². The van der Waals surface area contributed by atoms with Crippen molar-refractivity contribution in [1.29, 1.82) is 0 Å². The fraction of sp³-hybridized carbons (Fsp3) is 0.125. The first-order valence-corrected chi connectivity index (χ1v) is 7.12. The highest BCUT2D eigenvalue weighted by Crippen LogP contribution is 2.33. The number of hydrogen-bond donors (Lipinski definition) is 1. The Morgan fingerprint density at radius 2 is 1.86 bits per heavy atom. The molecule has 2 aromatic carbocycles. The first kappa shape index (κ1) is 14.4. The maximum Gasteiger partial charge on any atom is 0.137 e. The average molecular weight is 324 g/mol. The van der Waals surface area contributed by atoms with E-state index in [4.69, 9.17) is 33.4 Å². The van der Waals surface area contributed by atoms with Crippen LogP contribution in [-0.2, 0) is 0 Å². The quantitative estimate of drug-likeness (QED) is 0.700. The number of nitrogens with two attached hydrogens (primary N) is 1. The van der Waals surface area contributed by atoms with Gasteiger partial charge in [0, 0.05) is 17.0 Å². The number of rotatable bonds is 2. The summed E-state index contributed by atoms with van der Waals surface area (Å²) in [6.45, 7) is 1.90. The van der Waals surface area contributed by atoms with E-state index in [1.165, 1.54) is 12.1 Å². The summed E-state index contributed by atoms with van der Waals surface area (Å²) in [7, 11) is 0. The smallest absolute Gasteiger partial charge is 0.137 e. The van der Waals surface area contributed by atoms with E-state index in [9.17, 15) is 4.39 Å². The zero-order chi connectivity index (χ0) is 15.1. The number of aryl methyl sites for hydroxylation is 1. The summed E-state index contributed by atoms with van der Waals surface area (Å²) in [5, 5.41) is 1.75. The van der Waals surface area contributed by atoms with Crippen molar-refractivity contribution in [3.05, 3.63) is 69.1 Å². The van der Waals surface area contributed by atoms with Crippen LogP contribution in [0.4, 0.5) is 4.39 Å². The predicted molar refractivity (Wildman–Crippen MR) is 83.4 cm³/mol. The zero-order valence-electron chi connectivity index (χ0n) is 11.2. The number of furan rings is 1. The van der Waals surface area contributed by atoms with Crippen LogP contribution in [0.25, 0.3) is 11.0 Å². The molecule has 0 radical (unpaired) electrons. The second-order valence-electron chi connectivity index (χ2n) is 4.88. The van der Waals surface area contributed by atoms with Gasteiger partial charge in [-0.15, -0.1) is 0 Å². The summed E-state index contributed by atoms with van der Waals surface area (Å²) in [5.74, 6) is 0.250. The van der Waals surface area contributed by atoms with Gasteiger partial charge in [-0.1, -0.05) is 29.3 Å². The third kappa shape index (κ3) is 2.53. The molecule has 0 bridgehead atoms. The minimum Gasteiger partial charge on any atom is -0.459 e. The fourth-order valence-electron chi connectivity index (χ4n) is 2.37. The van der Waals surface area contributed by atoms with Gasteiger partial charge < -0.3 is 10.2 Å². The van der Waals surface area contributed by atoms with Crippen LogP contribution in [0.3, 0.4) is 0 Å². The monoisotopic (exact) mass is 323 g/mol. The Morgan fingerprint density at radius 1 is 1.10 bits per heavy atom. The van der Waals surface area contributed by atoms with Gasteiger partial charge in [0.05, 0.1) is 16.1 Å². The third-order valence-corrected chi connectivity index (χ3v) is 4.26. The first-order chi connectivity index (χ1) is 9.97. The van der Waals surface area contributed by atoms with Gasteiger partial charge >= 0.3 is 0 Å². The molecule has 0 amide bonds. The Bertz CT molecular complexity index is 829. The predicted octanol–water partition coefficient (Wildman–Crippen LogP) is 5.24. The SMILES string of the molecule is Cc1c(C(N)c2ccc(Cl)c(Cl)c2)oc2cc(F)ccc12. The van der Waals surface area contributed by atoms with Crippen molar-refractivity contribution in [2.45, 2.75) is 13.0 Å². The standard InChI is InChI=1S/C16H12Cl2FNO/c1-8-11-4-3-10(19)7-14(11)21-16(8)15(20)9-2-5-12(17)13(18)6-9/h2-7,15H,20H2,1H3. The zero-order valence-corrected chi connectivity index (χ0v) is 12.7. The topological polar surface area (TPSA) is 39.2 Å². The van der Waals surface area contributed by atoms with Gasteiger partial charge in [0.25, 0.3) is 0 Å². The van der Waals surface area contributed by atoms with Crippen LogP contribution < -0.4 is 5.73 Å². The maximum absolute atomic E-state index is 13.3. The van der Waals surface area contributed by atoms with Crippen molar-refractivity contribution in [3.63, 3.8) is 0 Å². The highest BCUT2D eigenvalue weighted by molar-refractivity contribution is 6.42. The lowest BCUT2D eigenvalue weighted by Crippen LogP contribution is -2.12. The Hall–Kier alpha value is -1.55. The number of fused-ring (bicyclic) bond motifs is 1. The van der Waals surface area contributed by atoms with Crippen molar-refractivity contribution in [2.75, 3.05) is 0 Å². The molecule has 0 saturated carbocycles. The second-order valence-corrected chi connectivity index (χ2v) is 5.70. The molecular formula is C16H12Cl2FNO. The Balaban J connectivity index is 2.10. The molecule has 21 heavy (non-hydrogen) atoms. The molecule has 3 rings (SSSR count). The van der Waals surface area contributed by atoms with Crippen LogP contribution in [0.5, 0.6) is 0 Å². The van der Waals surface area contributed by atoms with Crippen LogP contribution in [0.15, 0.2) is 40.8 Å². The van der Waals surface area contributed by atoms with E-state index in [0.717, 1.165) is 16.5 Å². The van der Waals surface area contributed by atoms with E-state index >= 15 is 0 Å². The summed E-state index contributed by atoms with van der Waals surface area (Å²) in [6.07, 6.45) is 0. The average Bonchev–Trinajstić information content (AvgIpc) is 2.77. The summed E-state index contributed by atoms with van der Waals surface area (Å²) in [4.78, 5) is 0. The largest absolute Gasteiger partial charge is 0.459 e. The van der Waals surface area contributed by atoms with Gasteiger partial charge in [-0.3, -0.25) is 0 Å². The maximum atomic E-state index is 13.3. The van der Waals surface area contributed by atoms with Gasteiger partial charge in [0.2, 0.25) is 0 Å². The second kappa shape index (κ2) is 5.34. The lowest BCUT2D eigenvalue weighted by atomic mass is 10.0. The lowest BCUT2D eigenvalue weighted by molar-refractivity contribution is 0.518. The molecule has 0 aliphatic heterocycles. The van der Waals surface area contributed by atoms with E-state index in [0.29, 0.717) is 21.4 Å². The van der Waals surface area contributed by atoms with Crippen molar-refractivity contribution in [2.24, 2.45) is 5.73 Å². The summed E-state index contributed by atoms with van der Waals surface area (Å²) in [5.41, 5.74) is 8.41. The van der Waals surface area contributed by atoms with Gasteiger partial charge in [-0.2, -0.15) is 0 Å². The van der Waals surface area contributed by atoms with Crippen LogP contribution in [-0.4, -0.2) is 0 Å². The first-order valence-electron chi connectivity index (χ1n) is 6.36. The van der Waals surface area contributed by atoms with Crippen LogP contribution in [0, 0.1) is 12.7 Å². The molecule has 0 spiro atoms. The van der Waals surface area contributed by atoms with E-state index in [-0.39, 0.29) is 5.82 Å². The van der Waals surface area contributed by atoms with E-state index in [1.54, 1.807) is 24.3 Å².